The number of aromatic nitrogens is 1. The number of aromatic amines is 1. The fourth-order valence-electron chi connectivity index (χ4n) is 3.40. The molecule has 0 saturated carbocycles. The van der Waals surface area contributed by atoms with Crippen molar-refractivity contribution in [1.29, 1.82) is 0 Å². The third-order valence-electron chi connectivity index (χ3n) is 4.99. The molecular formula is C20H24N4O4. The van der Waals surface area contributed by atoms with Crippen molar-refractivity contribution >= 4 is 11.9 Å². The summed E-state index contributed by atoms with van der Waals surface area (Å²) in [5, 5.41) is 2.94. The van der Waals surface area contributed by atoms with Gasteiger partial charge >= 0.3 is 6.03 Å². The molecule has 0 spiro atoms. The molecule has 28 heavy (non-hydrogen) atoms. The zero-order chi connectivity index (χ0) is 19.3. The molecule has 2 aromatic rings. The summed E-state index contributed by atoms with van der Waals surface area (Å²) in [6.45, 7) is 3.09. The number of ether oxygens (including phenoxy) is 2. The summed E-state index contributed by atoms with van der Waals surface area (Å²) in [5.41, 5.74) is 0.578. The van der Waals surface area contributed by atoms with Crippen LogP contribution in [0.1, 0.15) is 16.9 Å². The first kappa shape index (κ1) is 18.2. The first-order valence-electron chi connectivity index (χ1n) is 9.54. The van der Waals surface area contributed by atoms with Crippen LogP contribution in [0.2, 0.25) is 0 Å². The molecule has 8 heteroatoms. The van der Waals surface area contributed by atoms with E-state index in [4.69, 9.17) is 9.47 Å². The molecule has 1 aromatic heterocycles. The van der Waals surface area contributed by atoms with Crippen molar-refractivity contribution in [2.24, 2.45) is 0 Å². The average molecular weight is 384 g/mol. The number of carbonyl (C=O) groups excluding carboxylic acids is 2. The van der Waals surface area contributed by atoms with E-state index >= 15 is 0 Å². The van der Waals surface area contributed by atoms with Crippen molar-refractivity contribution in [2.75, 3.05) is 39.3 Å². The molecule has 2 aliphatic rings. The van der Waals surface area contributed by atoms with Crippen LogP contribution in [0.4, 0.5) is 4.79 Å². The number of amides is 3. The molecule has 3 amide bonds. The van der Waals surface area contributed by atoms with Crippen molar-refractivity contribution in [1.82, 2.24) is 20.1 Å². The normalized spacial score (nSPS) is 18.6. The van der Waals surface area contributed by atoms with E-state index in [0.717, 1.165) is 11.5 Å². The van der Waals surface area contributed by atoms with Gasteiger partial charge < -0.3 is 29.6 Å². The van der Waals surface area contributed by atoms with Crippen molar-refractivity contribution in [3.8, 4) is 11.5 Å². The maximum absolute atomic E-state index is 12.4. The molecule has 8 nitrogen and oxygen atoms in total. The van der Waals surface area contributed by atoms with Crippen molar-refractivity contribution in [2.45, 2.75) is 12.5 Å². The molecule has 3 heterocycles. The molecule has 0 aliphatic carbocycles. The minimum Gasteiger partial charge on any atom is -0.486 e. The highest BCUT2D eigenvalue weighted by Crippen LogP contribution is 2.31. The Labute approximate surface area is 163 Å². The van der Waals surface area contributed by atoms with E-state index in [1.165, 1.54) is 0 Å². The number of carbonyl (C=O) groups is 2. The molecule has 1 saturated heterocycles. The summed E-state index contributed by atoms with van der Waals surface area (Å²) in [6.07, 6.45) is 2.33. The van der Waals surface area contributed by atoms with Gasteiger partial charge in [0.2, 0.25) is 0 Å². The summed E-state index contributed by atoms with van der Waals surface area (Å²) in [7, 11) is 0. The first-order valence-corrected chi connectivity index (χ1v) is 9.54. The molecular weight excluding hydrogens is 360 g/mol. The van der Waals surface area contributed by atoms with Crippen LogP contribution in [0.15, 0.2) is 42.6 Å². The molecule has 0 bridgehead atoms. The Balaban J connectivity index is 1.18. The number of fused-ring (bicyclic) bond motifs is 1. The highest BCUT2D eigenvalue weighted by Gasteiger charge is 2.26. The lowest BCUT2D eigenvalue weighted by atomic mass is 10.2. The minimum atomic E-state index is -0.107. The lowest BCUT2D eigenvalue weighted by Gasteiger charge is -2.34. The number of nitrogens with one attached hydrogen (secondary N) is 2. The van der Waals surface area contributed by atoms with Gasteiger partial charge in [0.05, 0.1) is 0 Å². The average Bonchev–Trinajstić information content (AvgIpc) is 3.28. The monoisotopic (exact) mass is 384 g/mol. The topological polar surface area (TPSA) is 86.9 Å². The van der Waals surface area contributed by atoms with Gasteiger partial charge in [-0.2, -0.15) is 0 Å². The van der Waals surface area contributed by atoms with Crippen LogP contribution in [0, 0.1) is 0 Å². The van der Waals surface area contributed by atoms with E-state index in [1.54, 1.807) is 28.1 Å². The molecule has 148 valence electrons. The van der Waals surface area contributed by atoms with Gasteiger partial charge in [0.25, 0.3) is 5.91 Å². The van der Waals surface area contributed by atoms with Gasteiger partial charge in [0.1, 0.15) is 18.4 Å². The number of hydrogen-bond donors (Lipinski definition) is 2. The third-order valence-corrected chi connectivity index (χ3v) is 4.99. The van der Waals surface area contributed by atoms with E-state index in [9.17, 15) is 9.59 Å². The zero-order valence-electron chi connectivity index (χ0n) is 15.6. The lowest BCUT2D eigenvalue weighted by molar-refractivity contribution is 0.0656. The van der Waals surface area contributed by atoms with E-state index in [-0.39, 0.29) is 18.0 Å². The summed E-state index contributed by atoms with van der Waals surface area (Å²) < 4.78 is 11.6. The quantitative estimate of drug-likeness (QED) is 0.840. The Morgan fingerprint density at radius 2 is 1.79 bits per heavy atom. The minimum absolute atomic E-state index is 0.0280. The SMILES string of the molecule is O=C(NCC[C@@H]1COc2ccccc2O1)N1CCN(C(=O)c2ccc[nH]2)CC1. The molecule has 1 atom stereocenters. The van der Waals surface area contributed by atoms with Crippen LogP contribution < -0.4 is 14.8 Å². The van der Waals surface area contributed by atoms with Crippen molar-refractivity contribution < 1.29 is 19.1 Å². The summed E-state index contributed by atoms with van der Waals surface area (Å²) in [6, 6.07) is 11.0. The Hall–Kier alpha value is -3.16. The van der Waals surface area contributed by atoms with Crippen molar-refractivity contribution in [3.63, 3.8) is 0 Å². The molecule has 0 radical (unpaired) electrons. The van der Waals surface area contributed by atoms with Gasteiger partial charge in [-0.1, -0.05) is 12.1 Å². The van der Waals surface area contributed by atoms with Gasteiger partial charge in [0, 0.05) is 45.3 Å². The number of para-hydroxylation sites is 2. The van der Waals surface area contributed by atoms with Crippen LogP contribution in [-0.4, -0.2) is 72.2 Å². The maximum atomic E-state index is 12.4. The second-order valence-corrected chi connectivity index (χ2v) is 6.88. The first-order chi connectivity index (χ1) is 13.7. The Bertz CT molecular complexity index is 815. The maximum Gasteiger partial charge on any atom is 0.317 e. The van der Waals surface area contributed by atoms with E-state index in [2.05, 4.69) is 10.3 Å². The number of hydrogen-bond acceptors (Lipinski definition) is 4. The molecule has 1 fully saturated rings. The summed E-state index contributed by atoms with van der Waals surface area (Å²) in [5.74, 6) is 1.47. The number of benzene rings is 1. The van der Waals surface area contributed by atoms with Crippen LogP contribution in [0.25, 0.3) is 0 Å². The molecule has 2 N–H and O–H groups in total. The predicted molar refractivity (Wildman–Crippen MR) is 103 cm³/mol. The van der Waals surface area contributed by atoms with Crippen LogP contribution in [-0.2, 0) is 0 Å². The van der Waals surface area contributed by atoms with Crippen molar-refractivity contribution in [3.05, 3.63) is 48.3 Å². The zero-order valence-corrected chi connectivity index (χ0v) is 15.6. The Kier molecular flexibility index (Phi) is 5.36. The van der Waals surface area contributed by atoms with Gasteiger partial charge in [-0.05, 0) is 24.3 Å². The van der Waals surface area contributed by atoms with E-state index in [0.29, 0.717) is 51.4 Å². The van der Waals surface area contributed by atoms with E-state index in [1.807, 2.05) is 24.3 Å². The molecule has 2 aliphatic heterocycles. The number of nitrogens with zero attached hydrogens (tertiary/aromatic N) is 2. The smallest absolute Gasteiger partial charge is 0.317 e. The largest absolute Gasteiger partial charge is 0.486 e. The number of H-pyrrole nitrogens is 1. The number of piperazine rings is 1. The van der Waals surface area contributed by atoms with Crippen LogP contribution >= 0.6 is 0 Å². The standard InChI is InChI=1S/C20H24N4O4/c25-19(16-4-3-8-21-16)23-10-12-24(13-11-23)20(26)22-9-7-15-14-27-17-5-1-2-6-18(17)28-15/h1-6,8,15,21H,7,9-14H2,(H,22,26)/t15-/m1/s1. The second kappa shape index (κ2) is 8.24. The predicted octanol–water partition coefficient (Wildman–Crippen LogP) is 1.71. The highest BCUT2D eigenvalue weighted by molar-refractivity contribution is 5.92. The van der Waals surface area contributed by atoms with Crippen LogP contribution in [0.5, 0.6) is 11.5 Å². The highest BCUT2D eigenvalue weighted by atomic mass is 16.6. The summed E-state index contributed by atoms with van der Waals surface area (Å²) in [4.78, 5) is 31.1. The van der Waals surface area contributed by atoms with E-state index < -0.39 is 0 Å². The summed E-state index contributed by atoms with van der Waals surface area (Å²) >= 11 is 0. The molecule has 1 aromatic carbocycles. The molecule has 4 rings (SSSR count). The van der Waals surface area contributed by atoms with Gasteiger partial charge in [-0.15, -0.1) is 0 Å². The fraction of sp³-hybridized carbons (Fsp3) is 0.400. The number of rotatable bonds is 4. The van der Waals surface area contributed by atoms with Gasteiger partial charge in [-0.25, -0.2) is 4.79 Å². The van der Waals surface area contributed by atoms with Gasteiger partial charge in [0.15, 0.2) is 11.5 Å². The lowest BCUT2D eigenvalue weighted by Crippen LogP contribution is -2.53. The second-order valence-electron chi connectivity index (χ2n) is 6.88. The Morgan fingerprint density at radius 1 is 1.04 bits per heavy atom. The third kappa shape index (κ3) is 4.05. The molecule has 0 unspecified atom stereocenters. The van der Waals surface area contributed by atoms with Gasteiger partial charge in [-0.3, -0.25) is 4.79 Å². The number of urea groups is 1. The van der Waals surface area contributed by atoms with Crippen LogP contribution in [0.3, 0.4) is 0 Å². The Morgan fingerprint density at radius 3 is 2.54 bits per heavy atom. The fourth-order valence-corrected chi connectivity index (χ4v) is 3.40.